The first-order valence-electron chi connectivity index (χ1n) is 12.7. The summed E-state index contributed by atoms with van der Waals surface area (Å²) in [4.78, 5) is 33.4. The van der Waals surface area contributed by atoms with Gasteiger partial charge in [-0.05, 0) is 54.7 Å². The Hall–Kier alpha value is -4.02. The van der Waals surface area contributed by atoms with Crippen LogP contribution < -0.4 is 4.74 Å². The lowest BCUT2D eigenvalue weighted by molar-refractivity contribution is -0.141. The molecular weight excluding hydrogens is 513 g/mol. The molecule has 8 nitrogen and oxygen atoms in total. The number of hydrogen-bond acceptors (Lipinski definition) is 5. The molecule has 1 saturated heterocycles. The highest BCUT2D eigenvalue weighted by Gasteiger charge is 2.30. The first kappa shape index (κ1) is 28.0. The number of carbonyl (C=O) groups is 2. The van der Waals surface area contributed by atoms with E-state index in [4.69, 9.17) is 9.57 Å². The van der Waals surface area contributed by atoms with Gasteiger partial charge in [-0.1, -0.05) is 23.4 Å². The zero-order chi connectivity index (χ0) is 28.0. The summed E-state index contributed by atoms with van der Waals surface area (Å²) in [6, 6.07) is 12.1. The third-order valence-electron chi connectivity index (χ3n) is 6.66. The van der Waals surface area contributed by atoms with Crippen LogP contribution in [0, 0.1) is 0 Å². The molecule has 0 aliphatic carbocycles. The average Bonchev–Trinajstić information content (AvgIpc) is 3.24. The minimum atomic E-state index is -4.38. The van der Waals surface area contributed by atoms with E-state index in [1.165, 1.54) is 23.2 Å². The van der Waals surface area contributed by atoms with Gasteiger partial charge in [0.15, 0.2) is 12.5 Å². The Morgan fingerprint density at radius 2 is 1.77 bits per heavy atom. The number of hydrogen-bond donors (Lipinski definition) is 0. The van der Waals surface area contributed by atoms with E-state index < -0.39 is 11.7 Å². The molecule has 2 heterocycles. The van der Waals surface area contributed by atoms with Crippen LogP contribution >= 0.6 is 0 Å². The van der Waals surface area contributed by atoms with Crippen LogP contribution in [0.4, 0.5) is 13.2 Å². The summed E-state index contributed by atoms with van der Waals surface area (Å²) in [5.41, 5.74) is 1.48. The van der Waals surface area contributed by atoms with E-state index in [1.807, 2.05) is 35.9 Å². The molecule has 1 aromatic heterocycles. The Morgan fingerprint density at radius 1 is 1.05 bits per heavy atom. The number of carbonyl (C=O) groups excluding carboxylic acids is 2. The van der Waals surface area contributed by atoms with Crippen molar-refractivity contribution in [3.8, 4) is 5.88 Å². The van der Waals surface area contributed by atoms with Gasteiger partial charge >= 0.3 is 6.18 Å². The van der Waals surface area contributed by atoms with Crippen LogP contribution in [0.15, 0.2) is 53.7 Å². The highest BCUT2D eigenvalue weighted by molar-refractivity contribution is 5.90. The molecule has 208 valence electrons. The van der Waals surface area contributed by atoms with Crippen LogP contribution in [0.3, 0.4) is 0 Å². The van der Waals surface area contributed by atoms with E-state index in [2.05, 4.69) is 5.16 Å². The number of alkyl halides is 3. The standard InChI is InChI=1S/C28H31F3N4O4/c1-33(17-25(36)35-12-4-3-5-13-35)26(37)19-38-27-15-22-14-21(8-11-24(22)34(27)2)16-32-39-18-20-6-9-23(10-7-20)28(29,30)31/h6-11,14-16H,3-5,12-13,17-19H2,1-2H3. The Balaban J connectivity index is 1.29. The monoisotopic (exact) mass is 544 g/mol. The Morgan fingerprint density at radius 3 is 2.46 bits per heavy atom. The summed E-state index contributed by atoms with van der Waals surface area (Å²) in [6.07, 6.45) is 0.255. The Kier molecular flexibility index (Phi) is 8.78. The van der Waals surface area contributed by atoms with Crippen LogP contribution in [0.2, 0.25) is 0 Å². The molecule has 3 aromatic rings. The maximum atomic E-state index is 12.7. The largest absolute Gasteiger partial charge is 0.469 e. The average molecular weight is 545 g/mol. The number of halogens is 3. The number of nitrogens with zero attached hydrogens (tertiary/aromatic N) is 4. The van der Waals surface area contributed by atoms with Crippen molar-refractivity contribution in [2.24, 2.45) is 12.2 Å². The van der Waals surface area contributed by atoms with Crippen molar-refractivity contribution >= 4 is 28.9 Å². The summed E-state index contributed by atoms with van der Waals surface area (Å²) in [6.45, 7) is 1.35. The van der Waals surface area contributed by atoms with E-state index in [9.17, 15) is 22.8 Å². The maximum Gasteiger partial charge on any atom is 0.416 e. The van der Waals surface area contributed by atoms with E-state index >= 15 is 0 Å². The van der Waals surface area contributed by atoms with Crippen LogP contribution in [0.1, 0.15) is 36.0 Å². The van der Waals surface area contributed by atoms with E-state index in [1.54, 1.807) is 11.9 Å². The van der Waals surface area contributed by atoms with Crippen LogP contribution in [0.25, 0.3) is 10.9 Å². The summed E-state index contributed by atoms with van der Waals surface area (Å²) >= 11 is 0. The zero-order valence-electron chi connectivity index (χ0n) is 21.9. The Bertz CT molecular complexity index is 1330. The number of fused-ring (bicyclic) bond motifs is 1. The van der Waals surface area contributed by atoms with Crippen LogP contribution in [0.5, 0.6) is 5.88 Å². The third kappa shape index (κ3) is 7.30. The molecule has 2 amide bonds. The molecule has 0 bridgehead atoms. The molecule has 11 heteroatoms. The maximum absolute atomic E-state index is 12.7. The van der Waals surface area contributed by atoms with E-state index in [-0.39, 0.29) is 31.6 Å². The van der Waals surface area contributed by atoms with Crippen molar-refractivity contribution < 1.29 is 32.3 Å². The van der Waals surface area contributed by atoms with Gasteiger partial charge in [0.05, 0.1) is 23.8 Å². The fourth-order valence-electron chi connectivity index (χ4n) is 4.34. The summed E-state index contributed by atoms with van der Waals surface area (Å²) in [7, 11) is 3.42. The van der Waals surface area contributed by atoms with Gasteiger partial charge in [-0.3, -0.25) is 9.59 Å². The number of piperidine rings is 1. The smallest absolute Gasteiger partial charge is 0.416 e. The molecule has 0 N–H and O–H groups in total. The number of likely N-dealkylation sites (N-methyl/N-ethyl adjacent to an activating group) is 1. The number of aryl methyl sites for hydroxylation is 1. The fourth-order valence-corrected chi connectivity index (χ4v) is 4.34. The zero-order valence-corrected chi connectivity index (χ0v) is 21.9. The van der Waals surface area contributed by atoms with Crippen molar-refractivity contribution in [1.29, 1.82) is 0 Å². The highest BCUT2D eigenvalue weighted by Crippen LogP contribution is 2.29. The van der Waals surface area contributed by atoms with Crippen molar-refractivity contribution in [1.82, 2.24) is 14.4 Å². The third-order valence-corrected chi connectivity index (χ3v) is 6.66. The Labute approximate surface area is 224 Å². The number of rotatable bonds is 9. The van der Waals surface area contributed by atoms with Gasteiger partial charge in [0, 0.05) is 38.6 Å². The molecule has 4 rings (SSSR count). The first-order valence-corrected chi connectivity index (χ1v) is 12.7. The molecular formula is C28H31F3N4O4. The minimum Gasteiger partial charge on any atom is -0.469 e. The molecule has 39 heavy (non-hydrogen) atoms. The summed E-state index contributed by atoms with van der Waals surface area (Å²) < 4.78 is 45.6. The lowest BCUT2D eigenvalue weighted by Crippen LogP contribution is -2.44. The molecule has 0 atom stereocenters. The van der Waals surface area contributed by atoms with Gasteiger partial charge in [-0.2, -0.15) is 13.2 Å². The van der Waals surface area contributed by atoms with Crippen molar-refractivity contribution in [3.63, 3.8) is 0 Å². The topological polar surface area (TPSA) is 76.4 Å². The first-order chi connectivity index (χ1) is 18.6. The van der Waals surface area contributed by atoms with Crippen molar-refractivity contribution in [2.75, 3.05) is 33.3 Å². The molecule has 1 aliphatic heterocycles. The number of likely N-dealkylation sites (tertiary alicyclic amines) is 1. The van der Waals surface area contributed by atoms with Gasteiger partial charge in [0.1, 0.15) is 6.61 Å². The second kappa shape index (κ2) is 12.2. The van der Waals surface area contributed by atoms with Crippen LogP contribution in [-0.2, 0) is 34.3 Å². The molecule has 0 spiro atoms. The number of benzene rings is 2. The normalized spacial score (nSPS) is 14.1. The molecule has 1 fully saturated rings. The quantitative estimate of drug-likeness (QED) is 0.292. The number of aromatic nitrogens is 1. The van der Waals surface area contributed by atoms with Crippen LogP contribution in [-0.4, -0.2) is 65.7 Å². The number of oxime groups is 1. The molecule has 2 aromatic carbocycles. The fraction of sp³-hybridized carbons (Fsp3) is 0.393. The van der Waals surface area contributed by atoms with Gasteiger partial charge in [-0.25, -0.2) is 0 Å². The van der Waals surface area contributed by atoms with Gasteiger partial charge in [0.25, 0.3) is 5.91 Å². The van der Waals surface area contributed by atoms with Gasteiger partial charge in [-0.15, -0.1) is 0 Å². The second-order valence-corrected chi connectivity index (χ2v) is 9.54. The second-order valence-electron chi connectivity index (χ2n) is 9.54. The molecule has 0 radical (unpaired) electrons. The number of ether oxygens (including phenoxy) is 1. The molecule has 0 unspecified atom stereocenters. The minimum absolute atomic E-state index is 0.0287. The van der Waals surface area contributed by atoms with Gasteiger partial charge in [0.2, 0.25) is 5.91 Å². The van der Waals surface area contributed by atoms with Crippen molar-refractivity contribution in [2.45, 2.75) is 32.0 Å². The predicted octanol–water partition coefficient (Wildman–Crippen LogP) is 4.60. The summed E-state index contributed by atoms with van der Waals surface area (Å²) in [5, 5.41) is 4.78. The van der Waals surface area contributed by atoms with Gasteiger partial charge < -0.3 is 23.9 Å². The molecule has 0 saturated carbocycles. The van der Waals surface area contributed by atoms with E-state index in [0.717, 1.165) is 61.0 Å². The predicted molar refractivity (Wildman–Crippen MR) is 140 cm³/mol. The summed E-state index contributed by atoms with van der Waals surface area (Å²) in [5.74, 6) is 0.165. The SMILES string of the molecule is CN(CC(=O)N1CCCCC1)C(=O)COc1cc2cc(C=NOCc3ccc(C(F)(F)F)cc3)ccc2n1C. The number of amides is 2. The van der Waals surface area contributed by atoms with Crippen molar-refractivity contribution in [3.05, 3.63) is 65.2 Å². The molecule has 1 aliphatic rings. The lowest BCUT2D eigenvalue weighted by atomic mass is 10.1. The highest BCUT2D eigenvalue weighted by atomic mass is 19.4. The van der Waals surface area contributed by atoms with E-state index in [0.29, 0.717) is 11.4 Å². The lowest BCUT2D eigenvalue weighted by Gasteiger charge is -2.28.